The molecule has 1 aromatic rings. The number of carbonyl (C=O) groups is 1. The van der Waals surface area contributed by atoms with Crippen molar-refractivity contribution in [3.8, 4) is 0 Å². The molecule has 0 atom stereocenters. The summed E-state index contributed by atoms with van der Waals surface area (Å²) in [7, 11) is 0. The molecule has 94 valence electrons. The summed E-state index contributed by atoms with van der Waals surface area (Å²) in [4.78, 5) is 11.8. The van der Waals surface area contributed by atoms with Gasteiger partial charge in [-0.05, 0) is 49.4 Å². The summed E-state index contributed by atoms with van der Waals surface area (Å²) in [6, 6.07) is 4.04. The van der Waals surface area contributed by atoms with E-state index in [9.17, 15) is 4.79 Å². The molecule has 0 aliphatic carbocycles. The van der Waals surface area contributed by atoms with Crippen molar-refractivity contribution in [1.29, 1.82) is 0 Å². The first kappa shape index (κ1) is 14.2. The Labute approximate surface area is 112 Å². The van der Waals surface area contributed by atoms with E-state index in [0.29, 0.717) is 12.3 Å². The van der Waals surface area contributed by atoms with Crippen LogP contribution in [0, 0.1) is 19.8 Å². The van der Waals surface area contributed by atoms with Gasteiger partial charge in [-0.1, -0.05) is 29.8 Å². The lowest BCUT2D eigenvalue weighted by Gasteiger charge is -2.12. The zero-order chi connectivity index (χ0) is 13.0. The molecule has 0 heterocycles. The van der Waals surface area contributed by atoms with E-state index in [1.807, 2.05) is 26.0 Å². The number of hydrogen-bond acceptors (Lipinski definition) is 1. The standard InChI is InChI=1S/C14H20BrNO/c1-9(2)5-6-13(17)16-14-10(3)7-12(15)8-11(14)4/h7-9H,5-6H2,1-4H3,(H,16,17). The number of hydrogen-bond donors (Lipinski definition) is 1. The molecule has 0 fully saturated rings. The second kappa shape index (κ2) is 6.20. The van der Waals surface area contributed by atoms with E-state index < -0.39 is 0 Å². The Morgan fingerprint density at radius 1 is 1.29 bits per heavy atom. The van der Waals surface area contributed by atoms with Crippen LogP contribution < -0.4 is 5.32 Å². The van der Waals surface area contributed by atoms with Crippen molar-refractivity contribution >= 4 is 27.5 Å². The number of nitrogens with one attached hydrogen (secondary N) is 1. The highest BCUT2D eigenvalue weighted by Gasteiger charge is 2.09. The minimum atomic E-state index is 0.104. The molecule has 1 aromatic carbocycles. The Kier molecular flexibility index (Phi) is 5.19. The zero-order valence-electron chi connectivity index (χ0n) is 10.9. The van der Waals surface area contributed by atoms with Gasteiger partial charge in [0.1, 0.15) is 0 Å². The maximum Gasteiger partial charge on any atom is 0.224 e. The third kappa shape index (κ3) is 4.50. The highest BCUT2D eigenvalue weighted by molar-refractivity contribution is 9.10. The van der Waals surface area contributed by atoms with E-state index in [4.69, 9.17) is 0 Å². The van der Waals surface area contributed by atoms with Crippen molar-refractivity contribution in [1.82, 2.24) is 0 Å². The molecule has 0 saturated carbocycles. The summed E-state index contributed by atoms with van der Waals surface area (Å²) >= 11 is 3.45. The number of anilines is 1. The maximum absolute atomic E-state index is 11.8. The van der Waals surface area contributed by atoms with Crippen molar-refractivity contribution in [3.63, 3.8) is 0 Å². The number of halogens is 1. The van der Waals surface area contributed by atoms with Crippen LogP contribution in [-0.2, 0) is 4.79 Å². The van der Waals surface area contributed by atoms with Gasteiger partial charge in [0, 0.05) is 16.6 Å². The van der Waals surface area contributed by atoms with Gasteiger partial charge in [-0.25, -0.2) is 0 Å². The Hall–Kier alpha value is -0.830. The monoisotopic (exact) mass is 297 g/mol. The Balaban J connectivity index is 2.72. The van der Waals surface area contributed by atoms with Crippen LogP contribution in [0.1, 0.15) is 37.8 Å². The topological polar surface area (TPSA) is 29.1 Å². The quantitative estimate of drug-likeness (QED) is 0.874. The summed E-state index contributed by atoms with van der Waals surface area (Å²) in [6.45, 7) is 8.28. The molecule has 0 radical (unpaired) electrons. The first-order chi connectivity index (χ1) is 7.90. The molecule has 0 aromatic heterocycles. The predicted octanol–water partition coefficient (Wildman–Crippen LogP) is 4.44. The van der Waals surface area contributed by atoms with E-state index >= 15 is 0 Å². The molecule has 17 heavy (non-hydrogen) atoms. The Morgan fingerprint density at radius 2 is 1.82 bits per heavy atom. The lowest BCUT2D eigenvalue weighted by molar-refractivity contribution is -0.116. The van der Waals surface area contributed by atoms with Crippen LogP contribution in [0.15, 0.2) is 16.6 Å². The smallest absolute Gasteiger partial charge is 0.224 e. The number of benzene rings is 1. The number of aryl methyl sites for hydroxylation is 2. The van der Waals surface area contributed by atoms with Gasteiger partial charge in [0.15, 0.2) is 0 Å². The highest BCUT2D eigenvalue weighted by Crippen LogP contribution is 2.25. The zero-order valence-corrected chi connectivity index (χ0v) is 12.5. The van der Waals surface area contributed by atoms with Crippen molar-refractivity contribution in [3.05, 3.63) is 27.7 Å². The van der Waals surface area contributed by atoms with Gasteiger partial charge >= 0.3 is 0 Å². The Morgan fingerprint density at radius 3 is 2.29 bits per heavy atom. The van der Waals surface area contributed by atoms with E-state index in [-0.39, 0.29) is 5.91 Å². The predicted molar refractivity (Wildman–Crippen MR) is 76.3 cm³/mol. The van der Waals surface area contributed by atoms with E-state index in [1.165, 1.54) is 0 Å². The molecule has 1 N–H and O–H groups in total. The van der Waals surface area contributed by atoms with Gasteiger partial charge in [0.25, 0.3) is 0 Å². The SMILES string of the molecule is Cc1cc(Br)cc(C)c1NC(=O)CCC(C)C. The van der Waals surface area contributed by atoms with Crippen LogP contribution in [-0.4, -0.2) is 5.91 Å². The van der Waals surface area contributed by atoms with Crippen LogP contribution in [0.25, 0.3) is 0 Å². The van der Waals surface area contributed by atoms with Crippen molar-refractivity contribution in [2.24, 2.45) is 5.92 Å². The molecule has 0 bridgehead atoms. The largest absolute Gasteiger partial charge is 0.326 e. The molecule has 0 aliphatic heterocycles. The van der Waals surface area contributed by atoms with Gasteiger partial charge in [-0.2, -0.15) is 0 Å². The van der Waals surface area contributed by atoms with E-state index in [2.05, 4.69) is 35.1 Å². The van der Waals surface area contributed by atoms with E-state index in [1.54, 1.807) is 0 Å². The van der Waals surface area contributed by atoms with Gasteiger partial charge in [-0.15, -0.1) is 0 Å². The minimum Gasteiger partial charge on any atom is -0.326 e. The van der Waals surface area contributed by atoms with Crippen LogP contribution in [0.4, 0.5) is 5.69 Å². The van der Waals surface area contributed by atoms with Crippen LogP contribution in [0.2, 0.25) is 0 Å². The third-order valence-electron chi connectivity index (χ3n) is 2.71. The maximum atomic E-state index is 11.8. The molecule has 1 rings (SSSR count). The first-order valence-electron chi connectivity index (χ1n) is 5.96. The number of rotatable bonds is 4. The van der Waals surface area contributed by atoms with Crippen LogP contribution >= 0.6 is 15.9 Å². The highest BCUT2D eigenvalue weighted by atomic mass is 79.9. The molecule has 1 amide bonds. The molecular weight excluding hydrogens is 278 g/mol. The van der Waals surface area contributed by atoms with Crippen molar-refractivity contribution < 1.29 is 4.79 Å². The summed E-state index contributed by atoms with van der Waals surface area (Å²) in [5, 5.41) is 3.00. The lowest BCUT2D eigenvalue weighted by atomic mass is 10.1. The van der Waals surface area contributed by atoms with E-state index in [0.717, 1.165) is 27.7 Å². The van der Waals surface area contributed by atoms with Gasteiger partial charge in [-0.3, -0.25) is 4.79 Å². The minimum absolute atomic E-state index is 0.104. The molecule has 0 unspecified atom stereocenters. The van der Waals surface area contributed by atoms with Gasteiger partial charge in [0.2, 0.25) is 5.91 Å². The second-order valence-corrected chi connectivity index (χ2v) is 5.81. The molecule has 2 nitrogen and oxygen atoms in total. The summed E-state index contributed by atoms with van der Waals surface area (Å²) in [5.41, 5.74) is 3.13. The van der Waals surface area contributed by atoms with Crippen molar-refractivity contribution in [2.45, 2.75) is 40.5 Å². The first-order valence-corrected chi connectivity index (χ1v) is 6.76. The van der Waals surface area contributed by atoms with Gasteiger partial charge < -0.3 is 5.32 Å². The molecule has 0 spiro atoms. The van der Waals surface area contributed by atoms with Gasteiger partial charge in [0.05, 0.1) is 0 Å². The average Bonchev–Trinajstić information content (AvgIpc) is 2.20. The fourth-order valence-electron chi connectivity index (χ4n) is 1.73. The van der Waals surface area contributed by atoms with Crippen LogP contribution in [0.5, 0.6) is 0 Å². The summed E-state index contributed by atoms with van der Waals surface area (Å²) in [6.07, 6.45) is 1.52. The normalized spacial score (nSPS) is 10.7. The van der Waals surface area contributed by atoms with Crippen LogP contribution in [0.3, 0.4) is 0 Å². The summed E-state index contributed by atoms with van der Waals surface area (Å²) in [5.74, 6) is 0.667. The fraction of sp³-hybridized carbons (Fsp3) is 0.500. The third-order valence-corrected chi connectivity index (χ3v) is 3.17. The molecular formula is C14H20BrNO. The lowest BCUT2D eigenvalue weighted by Crippen LogP contribution is -2.14. The van der Waals surface area contributed by atoms with Crippen molar-refractivity contribution in [2.75, 3.05) is 5.32 Å². The number of amides is 1. The molecule has 0 saturated heterocycles. The summed E-state index contributed by atoms with van der Waals surface area (Å²) < 4.78 is 1.05. The number of carbonyl (C=O) groups excluding carboxylic acids is 1. The average molecular weight is 298 g/mol. The second-order valence-electron chi connectivity index (χ2n) is 4.90. The Bertz CT molecular complexity index is 390. The molecule has 0 aliphatic rings. The fourth-order valence-corrected chi connectivity index (χ4v) is 2.42. The molecule has 3 heteroatoms.